The summed E-state index contributed by atoms with van der Waals surface area (Å²) in [6.07, 6.45) is 0. The summed E-state index contributed by atoms with van der Waals surface area (Å²) in [5, 5.41) is 8.83. The fourth-order valence-electron chi connectivity index (χ4n) is 0.927. The third kappa shape index (κ3) is 1.71. The molecule has 0 heterocycles. The Bertz CT molecular complexity index is 243. The quantitative estimate of drug-likeness (QED) is 0.696. The molecule has 0 aliphatic carbocycles. The molecule has 0 aromatic heterocycles. The zero-order valence-electron chi connectivity index (χ0n) is 6.50. The molecule has 0 aliphatic rings. The van der Waals surface area contributed by atoms with Gasteiger partial charge in [0.2, 0.25) is 0 Å². The molecule has 0 saturated carbocycles. The fraction of sp³-hybridized carbons (Fsp3) is 0.222. The van der Waals surface area contributed by atoms with E-state index >= 15 is 0 Å². The van der Waals surface area contributed by atoms with Crippen LogP contribution >= 0.6 is 0 Å². The van der Waals surface area contributed by atoms with Crippen LogP contribution in [0.15, 0.2) is 18.2 Å². The molecule has 11 heavy (non-hydrogen) atoms. The molecular weight excluding hydrogens is 140 g/mol. The van der Waals surface area contributed by atoms with Crippen LogP contribution in [0.4, 0.5) is 0 Å². The van der Waals surface area contributed by atoms with E-state index in [1.54, 1.807) is 0 Å². The van der Waals surface area contributed by atoms with Gasteiger partial charge in [-0.2, -0.15) is 0 Å². The van der Waals surface area contributed by atoms with Gasteiger partial charge in [0.1, 0.15) is 12.9 Å². The molecule has 2 heteroatoms. The van der Waals surface area contributed by atoms with Gasteiger partial charge in [0.25, 0.3) is 0 Å². The van der Waals surface area contributed by atoms with Crippen molar-refractivity contribution in [3.63, 3.8) is 0 Å². The third-order valence-electron chi connectivity index (χ3n) is 1.55. The van der Waals surface area contributed by atoms with Crippen molar-refractivity contribution in [1.29, 1.82) is 0 Å². The number of hydrogen-bond acceptors (Lipinski definition) is 2. The van der Waals surface area contributed by atoms with Crippen molar-refractivity contribution in [1.82, 2.24) is 0 Å². The summed E-state index contributed by atoms with van der Waals surface area (Å²) < 4.78 is 4.81. The molecule has 0 amide bonds. The van der Waals surface area contributed by atoms with E-state index in [4.69, 9.17) is 9.84 Å². The van der Waals surface area contributed by atoms with Crippen LogP contribution in [0.3, 0.4) is 0 Å². The summed E-state index contributed by atoms with van der Waals surface area (Å²) in [6, 6.07) is 5.60. The van der Waals surface area contributed by atoms with E-state index in [-0.39, 0.29) is 6.61 Å². The lowest BCUT2D eigenvalue weighted by molar-refractivity contribution is 0.276. The van der Waals surface area contributed by atoms with Crippen LogP contribution in [-0.4, -0.2) is 5.11 Å². The first-order valence-electron chi connectivity index (χ1n) is 3.40. The Balaban J connectivity index is 3.06. The summed E-state index contributed by atoms with van der Waals surface area (Å²) in [6.45, 7) is 1.95. The number of ether oxygens (including phenoxy) is 1. The maximum absolute atomic E-state index is 8.83. The Morgan fingerprint density at radius 1 is 1.55 bits per heavy atom. The van der Waals surface area contributed by atoms with Gasteiger partial charge in [-0.15, -0.1) is 0 Å². The largest absolute Gasteiger partial charge is 0.490 e. The summed E-state index contributed by atoms with van der Waals surface area (Å²) in [5.41, 5.74) is 1.87. The topological polar surface area (TPSA) is 29.5 Å². The van der Waals surface area contributed by atoms with Crippen molar-refractivity contribution in [3.05, 3.63) is 36.4 Å². The Kier molecular flexibility index (Phi) is 2.49. The fourth-order valence-corrected chi connectivity index (χ4v) is 0.927. The molecular formula is C9H11O2. The minimum atomic E-state index is -0.00880. The predicted octanol–water partition coefficient (Wildman–Crippen LogP) is 1.66. The van der Waals surface area contributed by atoms with E-state index in [1.165, 1.54) is 0 Å². The third-order valence-corrected chi connectivity index (χ3v) is 1.55. The lowest BCUT2D eigenvalue weighted by Crippen LogP contribution is -1.90. The SMILES string of the molecule is [CH2]Oc1cc(C)ccc1CO. The lowest BCUT2D eigenvalue weighted by Gasteiger charge is -2.05. The minimum absolute atomic E-state index is 0.00880. The summed E-state index contributed by atoms with van der Waals surface area (Å²) in [7, 11) is 3.29. The number of aryl methyl sites for hydroxylation is 1. The van der Waals surface area contributed by atoms with E-state index in [0.29, 0.717) is 5.75 Å². The Morgan fingerprint density at radius 2 is 2.27 bits per heavy atom. The molecule has 0 aliphatic heterocycles. The zero-order valence-corrected chi connectivity index (χ0v) is 6.50. The average molecular weight is 151 g/mol. The molecule has 0 bridgehead atoms. The second kappa shape index (κ2) is 3.39. The number of hydrogen-bond donors (Lipinski definition) is 1. The smallest absolute Gasteiger partial charge is 0.125 e. The predicted molar refractivity (Wildman–Crippen MR) is 43.1 cm³/mol. The highest BCUT2D eigenvalue weighted by molar-refractivity contribution is 5.36. The highest BCUT2D eigenvalue weighted by atomic mass is 16.5. The van der Waals surface area contributed by atoms with Crippen LogP contribution in [0.1, 0.15) is 11.1 Å². The monoisotopic (exact) mass is 151 g/mol. The van der Waals surface area contributed by atoms with Crippen molar-refractivity contribution in [2.75, 3.05) is 0 Å². The number of aliphatic hydroxyl groups excluding tert-OH is 1. The van der Waals surface area contributed by atoms with Crippen molar-refractivity contribution >= 4 is 0 Å². The first-order chi connectivity index (χ1) is 5.27. The first kappa shape index (κ1) is 8.08. The van der Waals surface area contributed by atoms with Gasteiger partial charge < -0.3 is 9.84 Å². The van der Waals surface area contributed by atoms with Gasteiger partial charge in [0, 0.05) is 5.56 Å². The summed E-state index contributed by atoms with van der Waals surface area (Å²) >= 11 is 0. The van der Waals surface area contributed by atoms with E-state index in [1.807, 2.05) is 25.1 Å². The van der Waals surface area contributed by atoms with Crippen LogP contribution < -0.4 is 4.74 Å². The average Bonchev–Trinajstić information content (AvgIpc) is 2.04. The van der Waals surface area contributed by atoms with Crippen LogP contribution in [0, 0.1) is 14.0 Å². The number of rotatable bonds is 2. The molecule has 0 spiro atoms. The van der Waals surface area contributed by atoms with Gasteiger partial charge in [0.15, 0.2) is 0 Å². The highest BCUT2D eigenvalue weighted by Gasteiger charge is 1.99. The molecule has 2 nitrogen and oxygen atoms in total. The van der Waals surface area contributed by atoms with Gasteiger partial charge in [-0.1, -0.05) is 12.1 Å². The molecule has 0 fully saturated rings. The van der Waals surface area contributed by atoms with Crippen molar-refractivity contribution in [2.45, 2.75) is 13.5 Å². The maximum Gasteiger partial charge on any atom is 0.125 e. The Hall–Kier alpha value is -1.02. The van der Waals surface area contributed by atoms with Crippen molar-refractivity contribution in [2.24, 2.45) is 0 Å². The maximum atomic E-state index is 8.83. The van der Waals surface area contributed by atoms with Gasteiger partial charge in [-0.25, -0.2) is 0 Å². The van der Waals surface area contributed by atoms with E-state index < -0.39 is 0 Å². The van der Waals surface area contributed by atoms with Gasteiger partial charge >= 0.3 is 0 Å². The van der Waals surface area contributed by atoms with Crippen LogP contribution in [-0.2, 0) is 6.61 Å². The molecule has 1 aromatic carbocycles. The molecule has 0 saturated heterocycles. The first-order valence-corrected chi connectivity index (χ1v) is 3.40. The summed E-state index contributed by atoms with van der Waals surface area (Å²) in [4.78, 5) is 0. The van der Waals surface area contributed by atoms with E-state index in [2.05, 4.69) is 7.11 Å². The van der Waals surface area contributed by atoms with Crippen molar-refractivity contribution in [3.8, 4) is 5.75 Å². The minimum Gasteiger partial charge on any atom is -0.490 e. The zero-order chi connectivity index (χ0) is 8.27. The van der Waals surface area contributed by atoms with Crippen LogP contribution in [0.5, 0.6) is 5.75 Å². The number of benzene rings is 1. The second-order valence-corrected chi connectivity index (χ2v) is 2.41. The van der Waals surface area contributed by atoms with Gasteiger partial charge in [-0.3, -0.25) is 0 Å². The van der Waals surface area contributed by atoms with Crippen LogP contribution in [0.2, 0.25) is 0 Å². The Morgan fingerprint density at radius 3 is 2.82 bits per heavy atom. The van der Waals surface area contributed by atoms with Crippen LogP contribution in [0.25, 0.3) is 0 Å². The van der Waals surface area contributed by atoms with Gasteiger partial charge in [-0.05, 0) is 18.6 Å². The Labute approximate surface area is 66.4 Å². The molecule has 1 rings (SSSR count). The molecule has 59 valence electrons. The molecule has 1 radical (unpaired) electrons. The van der Waals surface area contributed by atoms with Gasteiger partial charge in [0.05, 0.1) is 6.61 Å². The standard InChI is InChI=1S/C9H11O2/c1-7-3-4-8(6-10)9(5-7)11-2/h3-5,10H,2,6H2,1H3. The van der Waals surface area contributed by atoms with E-state index in [9.17, 15) is 0 Å². The second-order valence-electron chi connectivity index (χ2n) is 2.41. The van der Waals surface area contributed by atoms with Crippen molar-refractivity contribution < 1.29 is 9.84 Å². The number of aliphatic hydroxyl groups is 1. The molecule has 1 N–H and O–H groups in total. The molecule has 0 unspecified atom stereocenters. The lowest BCUT2D eigenvalue weighted by atomic mass is 10.1. The molecule has 1 aromatic rings. The highest BCUT2D eigenvalue weighted by Crippen LogP contribution is 2.19. The molecule has 0 atom stereocenters. The summed E-state index contributed by atoms with van der Waals surface area (Å²) in [5.74, 6) is 0.646. The normalized spacial score (nSPS) is 9.73. The van der Waals surface area contributed by atoms with E-state index in [0.717, 1.165) is 11.1 Å².